The average Bonchev–Trinajstić information content (AvgIpc) is 1.68. The number of hydrogen-bond donors (Lipinski definition) is 1. The Kier molecular flexibility index (Phi) is 4.31. The first-order valence-corrected chi connectivity index (χ1v) is 3.21. The Balaban J connectivity index is 3.29. The van der Waals surface area contributed by atoms with Gasteiger partial charge in [0, 0.05) is 5.75 Å². The molecular formula is C6H12S. The van der Waals surface area contributed by atoms with E-state index in [4.69, 9.17) is 0 Å². The Bertz CT molecular complexity index is 64.6. The highest BCUT2D eigenvalue weighted by Crippen LogP contribution is 1.95. The second-order valence-corrected chi connectivity index (χ2v) is 1.93. The predicted molar refractivity (Wildman–Crippen MR) is 37.9 cm³/mol. The molecule has 0 aromatic carbocycles. The molecule has 0 atom stereocenters. The van der Waals surface area contributed by atoms with E-state index in [1.807, 2.05) is 0 Å². The fourth-order valence-electron chi connectivity index (χ4n) is 0.413. The van der Waals surface area contributed by atoms with Gasteiger partial charge >= 0.3 is 0 Å². The van der Waals surface area contributed by atoms with Crippen LogP contribution in [0.5, 0.6) is 0 Å². The number of rotatable bonds is 2. The lowest BCUT2D eigenvalue weighted by molar-refractivity contribution is 1.18. The zero-order chi connectivity index (χ0) is 5.70. The molecule has 0 aromatic heterocycles. The number of hydrogen-bond acceptors (Lipinski definition) is 1. The topological polar surface area (TPSA) is 0 Å². The maximum Gasteiger partial charge on any atom is 0.0110 e. The highest BCUT2D eigenvalue weighted by molar-refractivity contribution is 7.80. The maximum atomic E-state index is 4.08. The van der Waals surface area contributed by atoms with Crippen LogP contribution in [0.4, 0.5) is 0 Å². The van der Waals surface area contributed by atoms with Crippen molar-refractivity contribution in [2.75, 3.05) is 5.75 Å². The van der Waals surface area contributed by atoms with Gasteiger partial charge in [-0.2, -0.15) is 12.6 Å². The van der Waals surface area contributed by atoms with E-state index < -0.39 is 0 Å². The van der Waals surface area contributed by atoms with Gasteiger partial charge in [0.25, 0.3) is 0 Å². The quantitative estimate of drug-likeness (QED) is 0.415. The molecule has 0 fully saturated rings. The first-order chi connectivity index (χ1) is 3.31. The van der Waals surface area contributed by atoms with Crippen LogP contribution in [-0.4, -0.2) is 5.75 Å². The van der Waals surface area contributed by atoms with Gasteiger partial charge in [-0.25, -0.2) is 0 Å². The summed E-state index contributed by atoms with van der Waals surface area (Å²) in [5.41, 5.74) is 1.37. The third-order valence-corrected chi connectivity index (χ3v) is 1.30. The molecule has 0 bridgehead atoms. The van der Waals surface area contributed by atoms with Gasteiger partial charge in [0.15, 0.2) is 0 Å². The fraction of sp³-hybridized carbons (Fsp3) is 0.667. The largest absolute Gasteiger partial charge is 0.175 e. The van der Waals surface area contributed by atoms with Gasteiger partial charge in [-0.1, -0.05) is 18.6 Å². The monoisotopic (exact) mass is 116 g/mol. The molecule has 0 radical (unpaired) electrons. The summed E-state index contributed by atoms with van der Waals surface area (Å²) in [6.45, 7) is 4.23. The lowest BCUT2D eigenvalue weighted by Crippen LogP contribution is -1.73. The van der Waals surface area contributed by atoms with Crippen LogP contribution >= 0.6 is 12.6 Å². The zero-order valence-corrected chi connectivity index (χ0v) is 5.83. The summed E-state index contributed by atoms with van der Waals surface area (Å²) in [6, 6.07) is 0. The number of thiol groups is 1. The normalized spacial score (nSPS) is 12.1. The zero-order valence-electron chi connectivity index (χ0n) is 4.94. The Morgan fingerprint density at radius 2 is 2.29 bits per heavy atom. The molecule has 42 valence electrons. The summed E-state index contributed by atoms with van der Waals surface area (Å²) in [6.07, 6.45) is 3.32. The van der Waals surface area contributed by atoms with E-state index in [0.29, 0.717) is 0 Å². The summed E-state index contributed by atoms with van der Waals surface area (Å²) in [5, 5.41) is 0. The van der Waals surface area contributed by atoms with Crippen LogP contribution in [0, 0.1) is 0 Å². The first-order valence-electron chi connectivity index (χ1n) is 2.57. The molecule has 0 nitrogen and oxygen atoms in total. The predicted octanol–water partition coefficient (Wildman–Crippen LogP) is 2.27. The molecular weight excluding hydrogens is 104 g/mol. The van der Waals surface area contributed by atoms with Gasteiger partial charge in [-0.3, -0.25) is 0 Å². The van der Waals surface area contributed by atoms with Crippen LogP contribution < -0.4 is 0 Å². The average molecular weight is 116 g/mol. The molecule has 7 heavy (non-hydrogen) atoms. The van der Waals surface area contributed by atoms with E-state index in [9.17, 15) is 0 Å². The summed E-state index contributed by atoms with van der Waals surface area (Å²) >= 11 is 4.08. The Labute approximate surface area is 51.0 Å². The summed E-state index contributed by atoms with van der Waals surface area (Å²) in [5.74, 6) is 0.897. The lowest BCUT2D eigenvalue weighted by atomic mass is 10.3. The van der Waals surface area contributed by atoms with E-state index in [1.54, 1.807) is 0 Å². The second-order valence-electron chi connectivity index (χ2n) is 1.62. The number of allylic oxidation sites excluding steroid dienone is 1. The third kappa shape index (κ3) is 3.93. The minimum absolute atomic E-state index is 0.897. The van der Waals surface area contributed by atoms with Gasteiger partial charge in [0.1, 0.15) is 0 Å². The van der Waals surface area contributed by atoms with Crippen LogP contribution in [0.15, 0.2) is 11.6 Å². The van der Waals surface area contributed by atoms with E-state index in [1.165, 1.54) is 5.57 Å². The van der Waals surface area contributed by atoms with Crippen molar-refractivity contribution in [2.24, 2.45) is 0 Å². The molecule has 0 aliphatic carbocycles. The highest BCUT2D eigenvalue weighted by atomic mass is 32.1. The van der Waals surface area contributed by atoms with Crippen LogP contribution in [0.1, 0.15) is 20.3 Å². The van der Waals surface area contributed by atoms with Crippen LogP contribution in [0.2, 0.25) is 0 Å². The molecule has 0 saturated heterocycles. The van der Waals surface area contributed by atoms with Crippen molar-refractivity contribution in [2.45, 2.75) is 20.3 Å². The van der Waals surface area contributed by atoms with Gasteiger partial charge in [0.05, 0.1) is 0 Å². The molecule has 0 spiro atoms. The van der Waals surface area contributed by atoms with Crippen molar-refractivity contribution in [1.29, 1.82) is 0 Å². The SMILES string of the molecule is CCC=C(C)CS. The highest BCUT2D eigenvalue weighted by Gasteiger charge is 1.77. The molecule has 0 aliphatic rings. The Morgan fingerprint density at radius 1 is 1.71 bits per heavy atom. The smallest absolute Gasteiger partial charge is 0.0110 e. The van der Waals surface area contributed by atoms with Crippen LogP contribution in [-0.2, 0) is 0 Å². The lowest BCUT2D eigenvalue weighted by Gasteiger charge is -1.88. The molecule has 0 unspecified atom stereocenters. The summed E-state index contributed by atoms with van der Waals surface area (Å²) in [7, 11) is 0. The first kappa shape index (κ1) is 7.09. The molecule has 0 aliphatic heterocycles. The van der Waals surface area contributed by atoms with E-state index in [2.05, 4.69) is 32.6 Å². The third-order valence-electron chi connectivity index (χ3n) is 0.802. The van der Waals surface area contributed by atoms with Crippen LogP contribution in [0.3, 0.4) is 0 Å². The van der Waals surface area contributed by atoms with E-state index in [0.717, 1.165) is 12.2 Å². The Hall–Kier alpha value is 0.0900. The van der Waals surface area contributed by atoms with Crippen molar-refractivity contribution in [3.05, 3.63) is 11.6 Å². The second kappa shape index (κ2) is 4.25. The molecule has 0 aromatic rings. The van der Waals surface area contributed by atoms with Gasteiger partial charge < -0.3 is 0 Å². The minimum Gasteiger partial charge on any atom is -0.175 e. The van der Waals surface area contributed by atoms with Crippen molar-refractivity contribution >= 4 is 12.6 Å². The van der Waals surface area contributed by atoms with Gasteiger partial charge in [-0.15, -0.1) is 0 Å². The molecule has 0 amide bonds. The van der Waals surface area contributed by atoms with E-state index >= 15 is 0 Å². The van der Waals surface area contributed by atoms with Crippen molar-refractivity contribution < 1.29 is 0 Å². The standard InChI is InChI=1S/C6H12S/c1-3-4-6(2)5-7/h4,7H,3,5H2,1-2H3. The molecule has 0 heterocycles. The van der Waals surface area contributed by atoms with Crippen LogP contribution in [0.25, 0.3) is 0 Å². The van der Waals surface area contributed by atoms with E-state index in [-0.39, 0.29) is 0 Å². The van der Waals surface area contributed by atoms with Gasteiger partial charge in [0.2, 0.25) is 0 Å². The molecule has 0 N–H and O–H groups in total. The minimum atomic E-state index is 0.897. The molecule has 0 saturated carbocycles. The summed E-state index contributed by atoms with van der Waals surface area (Å²) in [4.78, 5) is 0. The van der Waals surface area contributed by atoms with Gasteiger partial charge in [-0.05, 0) is 13.3 Å². The summed E-state index contributed by atoms with van der Waals surface area (Å²) < 4.78 is 0. The fourth-order valence-corrected chi connectivity index (χ4v) is 0.542. The van der Waals surface area contributed by atoms with Crippen molar-refractivity contribution in [3.63, 3.8) is 0 Å². The molecule has 1 heteroatoms. The molecule has 0 rings (SSSR count). The Morgan fingerprint density at radius 3 is 2.43 bits per heavy atom. The van der Waals surface area contributed by atoms with Crippen molar-refractivity contribution in [3.8, 4) is 0 Å². The van der Waals surface area contributed by atoms with Crippen molar-refractivity contribution in [1.82, 2.24) is 0 Å². The maximum absolute atomic E-state index is 4.08.